The molecule has 1 atom stereocenters. The van der Waals surface area contributed by atoms with Crippen LogP contribution in [0.3, 0.4) is 0 Å². The molecule has 96 valence electrons. The number of carbonyl (C=O) groups excluding carboxylic acids is 1. The summed E-state index contributed by atoms with van der Waals surface area (Å²) >= 11 is 0. The number of anilines is 1. The Labute approximate surface area is 112 Å². The minimum atomic E-state index is 0.0332. The second-order valence-corrected chi connectivity index (χ2v) is 4.64. The number of benzene rings is 2. The molecule has 1 aliphatic rings. The first-order chi connectivity index (χ1) is 9.29. The summed E-state index contributed by atoms with van der Waals surface area (Å²) in [4.78, 5) is 11.9. The topological polar surface area (TPSA) is 38.3 Å². The van der Waals surface area contributed by atoms with Gasteiger partial charge >= 0.3 is 0 Å². The Morgan fingerprint density at radius 3 is 2.63 bits per heavy atom. The maximum Gasteiger partial charge on any atom is 0.225 e. The van der Waals surface area contributed by atoms with Crippen molar-refractivity contribution in [3.8, 4) is 5.75 Å². The van der Waals surface area contributed by atoms with Gasteiger partial charge in [0.05, 0.1) is 12.8 Å². The van der Waals surface area contributed by atoms with E-state index in [1.165, 1.54) is 0 Å². The van der Waals surface area contributed by atoms with Gasteiger partial charge in [-0.15, -0.1) is 0 Å². The highest BCUT2D eigenvalue weighted by molar-refractivity contribution is 5.97. The molecule has 19 heavy (non-hydrogen) atoms. The van der Waals surface area contributed by atoms with Gasteiger partial charge in [-0.05, 0) is 17.2 Å². The van der Waals surface area contributed by atoms with Gasteiger partial charge in [-0.3, -0.25) is 4.79 Å². The molecule has 0 saturated heterocycles. The molecule has 0 fully saturated rings. The second kappa shape index (κ2) is 4.76. The quantitative estimate of drug-likeness (QED) is 0.892. The summed E-state index contributed by atoms with van der Waals surface area (Å²) in [6.45, 7) is 0. The number of carbonyl (C=O) groups is 1. The van der Waals surface area contributed by atoms with Crippen LogP contribution in [0, 0.1) is 0 Å². The number of methoxy groups -OCH3 is 1. The first-order valence-electron chi connectivity index (χ1n) is 6.31. The van der Waals surface area contributed by atoms with Crippen molar-refractivity contribution in [2.45, 2.75) is 12.3 Å². The van der Waals surface area contributed by atoms with Gasteiger partial charge in [-0.25, -0.2) is 0 Å². The molecule has 0 saturated carbocycles. The van der Waals surface area contributed by atoms with Gasteiger partial charge in [0.2, 0.25) is 5.91 Å². The van der Waals surface area contributed by atoms with Crippen LogP contribution in [-0.2, 0) is 4.79 Å². The van der Waals surface area contributed by atoms with E-state index in [0.717, 1.165) is 16.8 Å². The Bertz CT molecular complexity index is 607. The van der Waals surface area contributed by atoms with Gasteiger partial charge < -0.3 is 10.1 Å². The van der Waals surface area contributed by atoms with Crippen molar-refractivity contribution < 1.29 is 9.53 Å². The van der Waals surface area contributed by atoms with Crippen molar-refractivity contribution in [3.63, 3.8) is 0 Å². The fourth-order valence-corrected chi connectivity index (χ4v) is 2.61. The number of para-hydroxylation sites is 1. The fourth-order valence-electron chi connectivity index (χ4n) is 2.61. The molecule has 2 aromatic rings. The maximum absolute atomic E-state index is 11.9. The van der Waals surface area contributed by atoms with E-state index < -0.39 is 0 Å². The number of fused-ring (bicyclic) bond motifs is 1. The predicted molar refractivity (Wildman–Crippen MR) is 74.5 cm³/mol. The normalized spacial score (nSPS) is 17.5. The van der Waals surface area contributed by atoms with E-state index in [4.69, 9.17) is 4.74 Å². The second-order valence-electron chi connectivity index (χ2n) is 4.64. The average molecular weight is 253 g/mol. The molecule has 2 aromatic carbocycles. The maximum atomic E-state index is 11.9. The molecule has 1 aliphatic heterocycles. The third-order valence-corrected chi connectivity index (χ3v) is 3.51. The van der Waals surface area contributed by atoms with Crippen LogP contribution in [0.5, 0.6) is 5.75 Å². The Hall–Kier alpha value is -2.29. The number of nitrogens with one attached hydrogen (secondary N) is 1. The summed E-state index contributed by atoms with van der Waals surface area (Å²) in [5.74, 6) is 0.845. The lowest BCUT2D eigenvalue weighted by atomic mass is 9.84. The zero-order valence-electron chi connectivity index (χ0n) is 10.7. The SMILES string of the molecule is COc1cccc2c1NC(=O)CC2c1ccccc1. The summed E-state index contributed by atoms with van der Waals surface area (Å²) in [5, 5.41) is 2.92. The molecule has 0 aliphatic carbocycles. The van der Waals surface area contributed by atoms with Crippen molar-refractivity contribution in [1.82, 2.24) is 0 Å². The fraction of sp³-hybridized carbons (Fsp3) is 0.188. The van der Waals surface area contributed by atoms with E-state index in [-0.39, 0.29) is 11.8 Å². The standard InChI is InChI=1S/C16H15NO2/c1-19-14-9-5-8-12-13(10-15(18)17-16(12)14)11-6-3-2-4-7-11/h2-9,13H,10H2,1H3,(H,17,18). The van der Waals surface area contributed by atoms with E-state index >= 15 is 0 Å². The Balaban J connectivity index is 2.13. The molecule has 0 bridgehead atoms. The minimum absolute atomic E-state index is 0.0332. The molecular weight excluding hydrogens is 238 g/mol. The van der Waals surface area contributed by atoms with E-state index in [9.17, 15) is 4.79 Å². The van der Waals surface area contributed by atoms with Crippen LogP contribution >= 0.6 is 0 Å². The highest BCUT2D eigenvalue weighted by atomic mass is 16.5. The Morgan fingerprint density at radius 2 is 1.89 bits per heavy atom. The van der Waals surface area contributed by atoms with E-state index in [1.54, 1.807) is 7.11 Å². The van der Waals surface area contributed by atoms with Crippen LogP contribution in [0.15, 0.2) is 48.5 Å². The van der Waals surface area contributed by atoms with Gasteiger partial charge in [0.1, 0.15) is 5.75 Å². The minimum Gasteiger partial charge on any atom is -0.495 e. The summed E-state index contributed by atoms with van der Waals surface area (Å²) in [6, 6.07) is 16.0. The van der Waals surface area contributed by atoms with Crippen molar-refractivity contribution in [2.75, 3.05) is 12.4 Å². The first-order valence-corrected chi connectivity index (χ1v) is 6.31. The van der Waals surface area contributed by atoms with Crippen LogP contribution in [0.4, 0.5) is 5.69 Å². The van der Waals surface area contributed by atoms with Crippen molar-refractivity contribution in [1.29, 1.82) is 0 Å². The third kappa shape index (κ3) is 2.08. The first kappa shape index (κ1) is 11.8. The number of rotatable bonds is 2. The van der Waals surface area contributed by atoms with E-state index in [2.05, 4.69) is 23.5 Å². The van der Waals surface area contributed by atoms with Crippen LogP contribution in [-0.4, -0.2) is 13.0 Å². The molecule has 3 heteroatoms. The number of amides is 1. The lowest BCUT2D eigenvalue weighted by Crippen LogP contribution is -2.23. The van der Waals surface area contributed by atoms with Gasteiger partial charge in [-0.2, -0.15) is 0 Å². The van der Waals surface area contributed by atoms with Crippen LogP contribution in [0.2, 0.25) is 0 Å². The van der Waals surface area contributed by atoms with Gasteiger partial charge in [0, 0.05) is 12.3 Å². The molecule has 0 spiro atoms. The molecule has 1 amide bonds. The number of ether oxygens (including phenoxy) is 1. The van der Waals surface area contributed by atoms with E-state index in [0.29, 0.717) is 12.2 Å². The molecule has 1 unspecified atom stereocenters. The lowest BCUT2D eigenvalue weighted by molar-refractivity contribution is -0.116. The average Bonchev–Trinajstić information content (AvgIpc) is 2.46. The summed E-state index contributed by atoms with van der Waals surface area (Å²) in [6.07, 6.45) is 0.476. The lowest BCUT2D eigenvalue weighted by Gasteiger charge is -2.27. The zero-order chi connectivity index (χ0) is 13.2. The Kier molecular flexibility index (Phi) is 2.95. The van der Waals surface area contributed by atoms with Crippen molar-refractivity contribution in [3.05, 3.63) is 59.7 Å². The summed E-state index contributed by atoms with van der Waals surface area (Å²) in [7, 11) is 1.62. The smallest absolute Gasteiger partial charge is 0.225 e. The van der Waals surface area contributed by atoms with Gasteiger partial charge in [0.25, 0.3) is 0 Å². The van der Waals surface area contributed by atoms with Crippen molar-refractivity contribution in [2.24, 2.45) is 0 Å². The predicted octanol–water partition coefficient (Wildman–Crippen LogP) is 3.17. The van der Waals surface area contributed by atoms with Gasteiger partial charge in [-0.1, -0.05) is 42.5 Å². The summed E-state index contributed by atoms with van der Waals surface area (Å²) in [5.41, 5.74) is 3.08. The molecule has 1 heterocycles. The highest BCUT2D eigenvalue weighted by Crippen LogP contribution is 2.41. The largest absolute Gasteiger partial charge is 0.495 e. The molecule has 0 radical (unpaired) electrons. The number of hydrogen-bond acceptors (Lipinski definition) is 2. The molecule has 0 aromatic heterocycles. The molecule has 3 nitrogen and oxygen atoms in total. The monoisotopic (exact) mass is 253 g/mol. The van der Waals surface area contributed by atoms with Crippen LogP contribution in [0.1, 0.15) is 23.5 Å². The third-order valence-electron chi connectivity index (χ3n) is 3.51. The molecular formula is C16H15NO2. The molecule has 1 N–H and O–H groups in total. The van der Waals surface area contributed by atoms with Crippen molar-refractivity contribution >= 4 is 11.6 Å². The van der Waals surface area contributed by atoms with Gasteiger partial charge in [0.15, 0.2) is 0 Å². The van der Waals surface area contributed by atoms with Crippen LogP contribution < -0.4 is 10.1 Å². The Morgan fingerprint density at radius 1 is 1.11 bits per heavy atom. The van der Waals surface area contributed by atoms with Crippen LogP contribution in [0.25, 0.3) is 0 Å². The number of hydrogen-bond donors (Lipinski definition) is 1. The zero-order valence-corrected chi connectivity index (χ0v) is 10.7. The molecule has 3 rings (SSSR count). The summed E-state index contributed by atoms with van der Waals surface area (Å²) < 4.78 is 5.33. The van der Waals surface area contributed by atoms with E-state index in [1.807, 2.05) is 30.3 Å². The highest BCUT2D eigenvalue weighted by Gasteiger charge is 2.28.